The summed E-state index contributed by atoms with van der Waals surface area (Å²) in [6, 6.07) is 3.76. The Labute approximate surface area is 98.6 Å². The van der Waals surface area contributed by atoms with Crippen molar-refractivity contribution >= 4 is 17.4 Å². The fourth-order valence-corrected chi connectivity index (χ4v) is 1.44. The van der Waals surface area contributed by atoms with Gasteiger partial charge in [0.1, 0.15) is 5.82 Å². The third kappa shape index (κ3) is 3.06. The lowest BCUT2D eigenvalue weighted by Gasteiger charge is -2.08. The molecule has 0 fully saturated rings. The first-order chi connectivity index (χ1) is 7.56. The number of halogens is 2. The number of benzene rings is 1. The second-order valence-electron chi connectivity index (χ2n) is 3.37. The molecule has 0 spiro atoms. The summed E-state index contributed by atoms with van der Waals surface area (Å²) in [7, 11) is 0. The summed E-state index contributed by atoms with van der Waals surface area (Å²) in [6.45, 7) is 0. The zero-order chi connectivity index (χ0) is 12.1. The molecule has 0 heterocycles. The molecule has 1 aromatic carbocycles. The molecule has 0 saturated carbocycles. The Morgan fingerprint density at radius 2 is 2.31 bits per heavy atom. The van der Waals surface area contributed by atoms with Gasteiger partial charge in [-0.25, -0.2) is 4.39 Å². The highest BCUT2D eigenvalue weighted by Gasteiger charge is 2.15. The van der Waals surface area contributed by atoms with E-state index in [2.05, 4.69) is 5.92 Å². The van der Waals surface area contributed by atoms with Crippen LogP contribution in [-0.2, 0) is 11.2 Å². The van der Waals surface area contributed by atoms with Crippen LogP contribution in [-0.4, -0.2) is 11.8 Å². The van der Waals surface area contributed by atoms with Gasteiger partial charge in [0.15, 0.2) is 5.78 Å². The molecule has 84 valence electrons. The van der Waals surface area contributed by atoms with Crippen LogP contribution in [0, 0.1) is 18.2 Å². The normalized spacial score (nSPS) is 11.9. The van der Waals surface area contributed by atoms with E-state index in [0.717, 1.165) is 0 Å². The van der Waals surface area contributed by atoms with E-state index in [1.54, 1.807) is 6.07 Å². The Balaban J connectivity index is 2.78. The molecule has 0 amide bonds. The molecule has 0 bridgehead atoms. The highest BCUT2D eigenvalue weighted by Crippen LogP contribution is 2.18. The second kappa shape index (κ2) is 5.64. The molecule has 1 aromatic rings. The van der Waals surface area contributed by atoms with Crippen molar-refractivity contribution in [1.29, 1.82) is 0 Å². The molecular weight excluding hydrogens is 229 g/mol. The molecule has 0 aliphatic carbocycles. The van der Waals surface area contributed by atoms with E-state index in [0.29, 0.717) is 0 Å². The molecule has 0 saturated heterocycles. The standard InChI is InChI=1S/C12H11ClFNO/c1-2-4-10(15)11(16)7-8-5-3-6-9(13)12(8)14/h1,3,5-6,10H,4,7,15H2. The van der Waals surface area contributed by atoms with Crippen LogP contribution in [0.15, 0.2) is 18.2 Å². The Morgan fingerprint density at radius 1 is 1.62 bits per heavy atom. The number of ketones is 1. The fraction of sp³-hybridized carbons (Fsp3) is 0.250. The van der Waals surface area contributed by atoms with Crippen molar-refractivity contribution in [2.75, 3.05) is 0 Å². The van der Waals surface area contributed by atoms with Gasteiger partial charge in [0.25, 0.3) is 0 Å². The first kappa shape index (κ1) is 12.7. The highest BCUT2D eigenvalue weighted by molar-refractivity contribution is 6.30. The third-order valence-corrected chi connectivity index (χ3v) is 2.44. The lowest BCUT2D eigenvalue weighted by Crippen LogP contribution is -2.31. The van der Waals surface area contributed by atoms with Gasteiger partial charge in [-0.3, -0.25) is 4.79 Å². The molecule has 1 rings (SSSR count). The minimum absolute atomic E-state index is 0.00387. The summed E-state index contributed by atoms with van der Waals surface area (Å²) < 4.78 is 13.4. The molecule has 16 heavy (non-hydrogen) atoms. The van der Waals surface area contributed by atoms with Gasteiger partial charge < -0.3 is 5.73 Å². The summed E-state index contributed by atoms with van der Waals surface area (Å²) in [6.07, 6.45) is 5.10. The van der Waals surface area contributed by atoms with Crippen molar-refractivity contribution in [2.24, 2.45) is 5.73 Å². The van der Waals surface area contributed by atoms with Gasteiger partial charge in [-0.05, 0) is 11.6 Å². The Hall–Kier alpha value is -1.37. The van der Waals surface area contributed by atoms with Gasteiger partial charge in [-0.1, -0.05) is 23.7 Å². The van der Waals surface area contributed by atoms with E-state index in [1.165, 1.54) is 12.1 Å². The van der Waals surface area contributed by atoms with Crippen LogP contribution >= 0.6 is 11.6 Å². The second-order valence-corrected chi connectivity index (χ2v) is 3.78. The number of carbonyl (C=O) groups excluding carboxylic acids is 1. The molecule has 0 aliphatic rings. The number of rotatable bonds is 4. The van der Waals surface area contributed by atoms with Crippen LogP contribution in [0.4, 0.5) is 4.39 Å². The van der Waals surface area contributed by atoms with Crippen LogP contribution in [0.1, 0.15) is 12.0 Å². The van der Waals surface area contributed by atoms with Crippen molar-refractivity contribution in [3.05, 3.63) is 34.6 Å². The Morgan fingerprint density at radius 3 is 2.94 bits per heavy atom. The van der Waals surface area contributed by atoms with E-state index in [4.69, 9.17) is 23.8 Å². The van der Waals surface area contributed by atoms with Crippen molar-refractivity contribution in [1.82, 2.24) is 0 Å². The summed E-state index contributed by atoms with van der Waals surface area (Å²) >= 11 is 5.59. The van der Waals surface area contributed by atoms with E-state index in [9.17, 15) is 9.18 Å². The van der Waals surface area contributed by atoms with Crippen LogP contribution in [0.2, 0.25) is 5.02 Å². The summed E-state index contributed by atoms with van der Waals surface area (Å²) in [5, 5.41) is -0.00387. The monoisotopic (exact) mass is 239 g/mol. The summed E-state index contributed by atoms with van der Waals surface area (Å²) in [5.41, 5.74) is 5.76. The van der Waals surface area contributed by atoms with Crippen LogP contribution in [0.3, 0.4) is 0 Å². The van der Waals surface area contributed by atoms with E-state index < -0.39 is 11.9 Å². The average Bonchev–Trinajstić information content (AvgIpc) is 2.25. The molecule has 1 unspecified atom stereocenters. The van der Waals surface area contributed by atoms with E-state index in [-0.39, 0.29) is 29.2 Å². The molecular formula is C12H11ClFNO. The molecule has 4 heteroatoms. The molecule has 0 aromatic heterocycles. The summed E-state index contributed by atoms with van der Waals surface area (Å²) in [5.74, 6) is 1.42. The average molecular weight is 240 g/mol. The molecule has 2 N–H and O–H groups in total. The Bertz CT molecular complexity index is 439. The van der Waals surface area contributed by atoms with E-state index >= 15 is 0 Å². The lowest BCUT2D eigenvalue weighted by atomic mass is 10.0. The van der Waals surface area contributed by atoms with Crippen LogP contribution in [0.25, 0.3) is 0 Å². The first-order valence-corrected chi connectivity index (χ1v) is 5.08. The van der Waals surface area contributed by atoms with Crippen LogP contribution in [0.5, 0.6) is 0 Å². The zero-order valence-electron chi connectivity index (χ0n) is 8.54. The predicted octanol–water partition coefficient (Wildman–Crippen LogP) is 1.94. The Kier molecular flexibility index (Phi) is 4.48. The number of carbonyl (C=O) groups is 1. The van der Waals surface area contributed by atoms with Gasteiger partial charge >= 0.3 is 0 Å². The van der Waals surface area contributed by atoms with Crippen molar-refractivity contribution < 1.29 is 9.18 Å². The highest BCUT2D eigenvalue weighted by atomic mass is 35.5. The smallest absolute Gasteiger partial charge is 0.154 e. The maximum Gasteiger partial charge on any atom is 0.154 e. The fourth-order valence-electron chi connectivity index (χ4n) is 1.24. The van der Waals surface area contributed by atoms with Gasteiger partial charge in [0.05, 0.1) is 11.1 Å². The number of terminal acetylenes is 1. The zero-order valence-corrected chi connectivity index (χ0v) is 9.30. The number of Topliss-reactive ketones (excluding diaryl/α,β-unsaturated/α-hetero) is 1. The number of nitrogens with two attached hydrogens (primary N) is 1. The number of hydrogen-bond acceptors (Lipinski definition) is 2. The maximum atomic E-state index is 13.4. The van der Waals surface area contributed by atoms with Crippen molar-refractivity contribution in [3.63, 3.8) is 0 Å². The number of hydrogen-bond donors (Lipinski definition) is 1. The van der Waals surface area contributed by atoms with Crippen LogP contribution < -0.4 is 5.73 Å². The van der Waals surface area contributed by atoms with Gasteiger partial charge in [0, 0.05) is 12.8 Å². The quantitative estimate of drug-likeness (QED) is 0.816. The molecule has 2 nitrogen and oxygen atoms in total. The molecule has 0 aliphatic heterocycles. The predicted molar refractivity (Wildman–Crippen MR) is 61.5 cm³/mol. The maximum absolute atomic E-state index is 13.4. The lowest BCUT2D eigenvalue weighted by molar-refractivity contribution is -0.119. The topological polar surface area (TPSA) is 43.1 Å². The van der Waals surface area contributed by atoms with Crippen molar-refractivity contribution in [2.45, 2.75) is 18.9 Å². The minimum Gasteiger partial charge on any atom is -0.321 e. The summed E-state index contributed by atoms with van der Waals surface area (Å²) in [4.78, 5) is 11.5. The first-order valence-electron chi connectivity index (χ1n) is 4.71. The molecule has 0 radical (unpaired) electrons. The van der Waals surface area contributed by atoms with Gasteiger partial charge in [-0.2, -0.15) is 0 Å². The molecule has 1 atom stereocenters. The van der Waals surface area contributed by atoms with Gasteiger partial charge in [0.2, 0.25) is 0 Å². The van der Waals surface area contributed by atoms with Crippen molar-refractivity contribution in [3.8, 4) is 12.3 Å². The largest absolute Gasteiger partial charge is 0.321 e. The van der Waals surface area contributed by atoms with E-state index in [1.807, 2.05) is 0 Å². The SMILES string of the molecule is C#CCC(N)C(=O)Cc1cccc(Cl)c1F. The minimum atomic E-state index is -0.747. The van der Waals surface area contributed by atoms with Gasteiger partial charge in [-0.15, -0.1) is 12.3 Å². The third-order valence-electron chi connectivity index (χ3n) is 2.15.